The van der Waals surface area contributed by atoms with E-state index in [1.807, 2.05) is 0 Å². The van der Waals surface area contributed by atoms with Gasteiger partial charge in [-0.3, -0.25) is 9.59 Å². The SMILES string of the molecule is C=C1C(=O)O[C@@H]2/C=C(/C)C(=O)[C@@H]3O[C@H]3[C@](C)(O)CC(OC(=O)C(C)C)[C@@H]12. The molecule has 2 saturated heterocycles. The van der Waals surface area contributed by atoms with Crippen LogP contribution in [0.4, 0.5) is 0 Å². The van der Waals surface area contributed by atoms with Crippen molar-refractivity contribution in [3.05, 3.63) is 23.8 Å². The van der Waals surface area contributed by atoms with Gasteiger partial charge >= 0.3 is 11.9 Å². The number of hydrogen-bond acceptors (Lipinski definition) is 7. The molecule has 0 radical (unpaired) electrons. The number of ether oxygens (including phenoxy) is 3. The number of ketones is 1. The first kappa shape index (κ1) is 18.8. The van der Waals surface area contributed by atoms with Crippen molar-refractivity contribution in [1.82, 2.24) is 0 Å². The van der Waals surface area contributed by atoms with E-state index < -0.39 is 47.9 Å². The van der Waals surface area contributed by atoms with Gasteiger partial charge in [-0.05, 0) is 25.5 Å². The minimum atomic E-state index is -1.41. The molecule has 7 heteroatoms. The van der Waals surface area contributed by atoms with E-state index in [-0.39, 0.29) is 23.7 Å². The highest BCUT2D eigenvalue weighted by molar-refractivity contribution is 6.01. The van der Waals surface area contributed by atoms with Crippen LogP contribution in [0.5, 0.6) is 0 Å². The fraction of sp³-hybridized carbons (Fsp3) is 0.632. The molecule has 3 aliphatic rings. The fourth-order valence-corrected chi connectivity index (χ4v) is 3.57. The first-order valence-corrected chi connectivity index (χ1v) is 8.73. The van der Waals surface area contributed by atoms with Crippen LogP contribution < -0.4 is 0 Å². The second-order valence-corrected chi connectivity index (χ2v) is 7.80. The van der Waals surface area contributed by atoms with Crippen LogP contribution >= 0.6 is 0 Å². The van der Waals surface area contributed by atoms with Gasteiger partial charge < -0.3 is 19.3 Å². The molecule has 0 aromatic heterocycles. The predicted octanol–water partition coefficient (Wildman–Crippen LogP) is 1.09. The summed E-state index contributed by atoms with van der Waals surface area (Å²) in [7, 11) is 0. The Kier molecular flexibility index (Phi) is 4.56. The van der Waals surface area contributed by atoms with Gasteiger partial charge in [0.1, 0.15) is 24.4 Å². The van der Waals surface area contributed by atoms with Gasteiger partial charge in [0.25, 0.3) is 0 Å². The maximum Gasteiger partial charge on any atom is 0.334 e. The third-order valence-corrected chi connectivity index (χ3v) is 5.18. The molecule has 0 aromatic carbocycles. The average molecular weight is 364 g/mol. The standard InChI is InChI=1S/C19H24O7/c1-8(2)17(21)25-12-7-19(5,23)16-15(26-16)14(20)9(3)6-11-13(12)10(4)18(22)24-11/h6,8,11-13,15-16,23H,4,7H2,1-3,5H3/b9-6-/t11-,12?,13+,15+,16-,19-/m1/s1. The zero-order valence-electron chi connectivity index (χ0n) is 15.4. The van der Waals surface area contributed by atoms with Crippen LogP contribution in [0, 0.1) is 11.8 Å². The maximum absolute atomic E-state index is 12.4. The summed E-state index contributed by atoms with van der Waals surface area (Å²) in [6, 6.07) is 0. The molecule has 6 atom stereocenters. The second kappa shape index (κ2) is 6.32. The topological polar surface area (TPSA) is 102 Å². The van der Waals surface area contributed by atoms with Crippen molar-refractivity contribution >= 4 is 17.7 Å². The zero-order valence-corrected chi connectivity index (χ0v) is 15.4. The van der Waals surface area contributed by atoms with Gasteiger partial charge in [0.05, 0.1) is 17.4 Å². The highest BCUT2D eigenvalue weighted by atomic mass is 16.6. The molecule has 142 valence electrons. The van der Waals surface area contributed by atoms with Gasteiger partial charge in [-0.2, -0.15) is 0 Å². The van der Waals surface area contributed by atoms with Crippen LogP contribution in [0.25, 0.3) is 0 Å². The fourth-order valence-electron chi connectivity index (χ4n) is 3.57. The Labute approximate surface area is 152 Å². The molecule has 26 heavy (non-hydrogen) atoms. The molecule has 1 unspecified atom stereocenters. The van der Waals surface area contributed by atoms with Gasteiger partial charge in [-0.1, -0.05) is 20.4 Å². The summed E-state index contributed by atoms with van der Waals surface area (Å²) in [6.45, 7) is 10.3. The summed E-state index contributed by atoms with van der Waals surface area (Å²) in [5, 5.41) is 10.9. The molecule has 0 aromatic rings. The highest BCUT2D eigenvalue weighted by Gasteiger charge is 2.58. The molecular formula is C19H24O7. The summed E-state index contributed by atoms with van der Waals surface area (Å²) in [5.41, 5.74) is -0.865. The maximum atomic E-state index is 12.4. The van der Waals surface area contributed by atoms with E-state index in [1.54, 1.807) is 26.8 Å². The first-order valence-electron chi connectivity index (χ1n) is 8.73. The van der Waals surface area contributed by atoms with E-state index >= 15 is 0 Å². The van der Waals surface area contributed by atoms with Gasteiger partial charge in [-0.15, -0.1) is 0 Å². The summed E-state index contributed by atoms with van der Waals surface area (Å²) in [4.78, 5) is 36.7. The molecule has 2 aliphatic heterocycles. The molecule has 1 N–H and O–H groups in total. The quantitative estimate of drug-likeness (QED) is 0.444. The third-order valence-electron chi connectivity index (χ3n) is 5.18. The second-order valence-electron chi connectivity index (χ2n) is 7.80. The Hall–Kier alpha value is -1.99. The van der Waals surface area contributed by atoms with Crippen molar-refractivity contribution in [3.8, 4) is 0 Å². The van der Waals surface area contributed by atoms with Crippen LogP contribution in [0.15, 0.2) is 23.8 Å². The van der Waals surface area contributed by atoms with Crippen molar-refractivity contribution in [3.63, 3.8) is 0 Å². The van der Waals surface area contributed by atoms with E-state index in [0.29, 0.717) is 5.57 Å². The Balaban J connectivity index is 2.02. The average Bonchev–Trinajstić information content (AvgIpc) is 3.29. The minimum absolute atomic E-state index is 0.00359. The van der Waals surface area contributed by atoms with Crippen LogP contribution in [0.3, 0.4) is 0 Å². The van der Waals surface area contributed by atoms with Crippen molar-refractivity contribution in [2.75, 3.05) is 0 Å². The molecule has 7 nitrogen and oxygen atoms in total. The van der Waals surface area contributed by atoms with Crippen LogP contribution in [0.1, 0.15) is 34.1 Å². The van der Waals surface area contributed by atoms with Gasteiger partial charge in [0, 0.05) is 12.0 Å². The number of Topliss-reactive ketones (excluding diaryl/α,β-unsaturated/α-hetero) is 1. The van der Waals surface area contributed by atoms with Crippen LogP contribution in [-0.2, 0) is 28.6 Å². The lowest BCUT2D eigenvalue weighted by molar-refractivity contribution is -0.160. The van der Waals surface area contributed by atoms with Crippen molar-refractivity contribution < 1.29 is 33.7 Å². The number of epoxide rings is 1. The zero-order chi connectivity index (χ0) is 19.4. The molecule has 0 bridgehead atoms. The molecule has 2 heterocycles. The largest absolute Gasteiger partial charge is 0.461 e. The van der Waals surface area contributed by atoms with Gasteiger partial charge in [0.2, 0.25) is 0 Å². The molecule has 0 saturated carbocycles. The van der Waals surface area contributed by atoms with E-state index in [9.17, 15) is 19.5 Å². The number of rotatable bonds is 2. The Bertz CT molecular complexity index is 703. The molecule has 1 aliphatic carbocycles. The Morgan fingerprint density at radius 1 is 1.42 bits per heavy atom. The van der Waals surface area contributed by atoms with Crippen molar-refractivity contribution in [2.45, 2.75) is 64.1 Å². The summed E-state index contributed by atoms with van der Waals surface area (Å²) < 4.78 is 16.4. The predicted molar refractivity (Wildman–Crippen MR) is 89.9 cm³/mol. The Morgan fingerprint density at radius 3 is 2.69 bits per heavy atom. The summed E-state index contributed by atoms with van der Waals surface area (Å²) in [6.07, 6.45) is -1.47. The Morgan fingerprint density at radius 2 is 2.08 bits per heavy atom. The summed E-state index contributed by atoms with van der Waals surface area (Å²) >= 11 is 0. The van der Waals surface area contributed by atoms with Crippen molar-refractivity contribution in [1.29, 1.82) is 0 Å². The van der Waals surface area contributed by atoms with E-state index in [4.69, 9.17) is 14.2 Å². The number of hydrogen-bond donors (Lipinski definition) is 1. The molecule has 0 amide bonds. The molecule has 2 fully saturated rings. The first-order chi connectivity index (χ1) is 12.0. The molecule has 0 spiro atoms. The molecule has 3 rings (SSSR count). The van der Waals surface area contributed by atoms with E-state index in [0.717, 1.165) is 0 Å². The lowest BCUT2D eigenvalue weighted by Crippen LogP contribution is -2.44. The monoisotopic (exact) mass is 364 g/mol. The highest BCUT2D eigenvalue weighted by Crippen LogP contribution is 2.43. The van der Waals surface area contributed by atoms with Gasteiger partial charge in [0.15, 0.2) is 5.78 Å². The number of carbonyl (C=O) groups excluding carboxylic acids is 3. The van der Waals surface area contributed by atoms with Crippen molar-refractivity contribution in [2.24, 2.45) is 11.8 Å². The van der Waals surface area contributed by atoms with Crippen LogP contribution in [0.2, 0.25) is 0 Å². The minimum Gasteiger partial charge on any atom is -0.461 e. The molecular weight excluding hydrogens is 340 g/mol. The number of aliphatic hydroxyl groups is 1. The number of esters is 2. The number of carbonyl (C=O) groups is 3. The van der Waals surface area contributed by atoms with Crippen LogP contribution in [-0.4, -0.2) is 52.8 Å². The van der Waals surface area contributed by atoms with E-state index in [1.165, 1.54) is 6.92 Å². The third kappa shape index (κ3) is 3.21. The van der Waals surface area contributed by atoms with E-state index in [2.05, 4.69) is 6.58 Å². The normalized spacial score (nSPS) is 41.7. The smallest absolute Gasteiger partial charge is 0.334 e. The lowest BCUT2D eigenvalue weighted by Gasteiger charge is -2.32. The lowest BCUT2D eigenvalue weighted by atomic mass is 9.80. The number of fused-ring (bicyclic) bond motifs is 2. The summed E-state index contributed by atoms with van der Waals surface area (Å²) in [5.74, 6) is -2.33. The van der Waals surface area contributed by atoms with Gasteiger partial charge in [-0.25, -0.2) is 4.79 Å².